The van der Waals surface area contributed by atoms with Crippen molar-refractivity contribution < 1.29 is 0 Å². The van der Waals surface area contributed by atoms with E-state index >= 15 is 0 Å². The van der Waals surface area contributed by atoms with Crippen LogP contribution in [0.3, 0.4) is 0 Å². The Bertz CT molecular complexity index is 684. The summed E-state index contributed by atoms with van der Waals surface area (Å²) in [6, 6.07) is 0. The molecule has 0 aliphatic heterocycles. The molecule has 0 aliphatic carbocycles. The molecule has 0 amide bonds. The molecule has 0 N–H and O–H groups in total. The van der Waals surface area contributed by atoms with Gasteiger partial charge in [0.05, 0.1) is 5.69 Å². The lowest BCUT2D eigenvalue weighted by atomic mass is 9.80. The van der Waals surface area contributed by atoms with Crippen molar-refractivity contribution in [2.75, 3.05) is 7.05 Å². The predicted octanol–water partition coefficient (Wildman–Crippen LogP) is 6.61. The van der Waals surface area contributed by atoms with E-state index in [4.69, 9.17) is 4.98 Å². The zero-order valence-corrected chi connectivity index (χ0v) is 18.5. The molecule has 0 unspecified atom stereocenters. The first kappa shape index (κ1) is 23.1. The summed E-state index contributed by atoms with van der Waals surface area (Å²) in [7, 11) is 1.83. The Labute approximate surface area is 167 Å². The third-order valence-electron chi connectivity index (χ3n) is 5.42. The predicted molar refractivity (Wildman–Crippen MR) is 121 cm³/mol. The molecule has 1 rings (SSSR count). The van der Waals surface area contributed by atoms with E-state index in [2.05, 4.69) is 76.2 Å². The van der Waals surface area contributed by atoms with E-state index in [9.17, 15) is 0 Å². The monoisotopic (exact) mass is 369 g/mol. The van der Waals surface area contributed by atoms with Crippen molar-refractivity contribution in [3.05, 3.63) is 47.6 Å². The molecule has 3 heteroatoms. The summed E-state index contributed by atoms with van der Waals surface area (Å²) in [4.78, 5) is 9.30. The number of allylic oxidation sites excluding steroid dienone is 4. The first-order chi connectivity index (χ1) is 12.8. The van der Waals surface area contributed by atoms with Crippen molar-refractivity contribution in [1.82, 2.24) is 9.55 Å². The third kappa shape index (κ3) is 6.34. The van der Waals surface area contributed by atoms with Crippen LogP contribution in [0.2, 0.25) is 0 Å². The van der Waals surface area contributed by atoms with Gasteiger partial charge in [-0.05, 0) is 42.7 Å². The molecule has 1 aromatic heterocycles. The number of aromatic nitrogens is 2. The fourth-order valence-electron chi connectivity index (χ4n) is 3.02. The van der Waals surface area contributed by atoms with Gasteiger partial charge in [-0.2, -0.15) is 0 Å². The molecule has 0 spiro atoms. The Morgan fingerprint density at radius 1 is 1.26 bits per heavy atom. The minimum Gasteiger partial charge on any atom is -0.310 e. The maximum Gasteiger partial charge on any atom is 0.118 e. The maximum absolute atomic E-state index is 5.04. The standard InChI is InChI=1S/C24H39N3/c1-9-12-16-27-18-22(26-23(27)24(6,7)19(4)5)15-14-21(17-25-8)20(11-3)13-10-2/h11-12,16-19H,3,9-10,13-15H2,1-2,4-8H3/b16-12-,21-20+,25-17?. The molecule has 0 atom stereocenters. The fraction of sp³-hybridized carbons (Fsp3) is 0.583. The van der Waals surface area contributed by atoms with Gasteiger partial charge >= 0.3 is 0 Å². The van der Waals surface area contributed by atoms with Crippen molar-refractivity contribution >= 4 is 12.4 Å². The second-order valence-electron chi connectivity index (χ2n) is 8.02. The highest BCUT2D eigenvalue weighted by Crippen LogP contribution is 2.31. The summed E-state index contributed by atoms with van der Waals surface area (Å²) in [6.07, 6.45) is 15.6. The topological polar surface area (TPSA) is 30.2 Å². The molecule has 0 aliphatic rings. The molecule has 3 nitrogen and oxygen atoms in total. The van der Waals surface area contributed by atoms with Crippen LogP contribution >= 0.6 is 0 Å². The van der Waals surface area contributed by atoms with Crippen molar-refractivity contribution in [3.63, 3.8) is 0 Å². The first-order valence-corrected chi connectivity index (χ1v) is 10.3. The van der Waals surface area contributed by atoms with Crippen LogP contribution in [0.5, 0.6) is 0 Å². The van der Waals surface area contributed by atoms with Gasteiger partial charge in [0.2, 0.25) is 0 Å². The third-order valence-corrected chi connectivity index (χ3v) is 5.42. The smallest absolute Gasteiger partial charge is 0.118 e. The van der Waals surface area contributed by atoms with Crippen molar-refractivity contribution in [2.45, 2.75) is 79.1 Å². The largest absolute Gasteiger partial charge is 0.310 e. The summed E-state index contributed by atoms with van der Waals surface area (Å²) in [6.45, 7) is 17.5. The molecule has 0 radical (unpaired) electrons. The number of aryl methyl sites for hydroxylation is 1. The van der Waals surface area contributed by atoms with Crippen LogP contribution in [0.4, 0.5) is 0 Å². The van der Waals surface area contributed by atoms with Crippen LogP contribution in [0.1, 0.15) is 78.7 Å². The average Bonchev–Trinajstić information content (AvgIpc) is 3.05. The molecule has 0 fully saturated rings. The van der Waals surface area contributed by atoms with Gasteiger partial charge < -0.3 is 4.57 Å². The van der Waals surface area contributed by atoms with Crippen LogP contribution in [-0.2, 0) is 11.8 Å². The van der Waals surface area contributed by atoms with Crippen molar-refractivity contribution in [2.24, 2.45) is 10.9 Å². The fourth-order valence-corrected chi connectivity index (χ4v) is 3.02. The lowest BCUT2D eigenvalue weighted by molar-refractivity contribution is 0.349. The molecule has 0 saturated carbocycles. The number of rotatable bonds is 11. The Hall–Kier alpha value is -1.90. The molecule has 0 saturated heterocycles. The highest BCUT2D eigenvalue weighted by molar-refractivity contribution is 5.80. The highest BCUT2D eigenvalue weighted by Gasteiger charge is 2.29. The van der Waals surface area contributed by atoms with Crippen LogP contribution in [0.15, 0.2) is 41.1 Å². The van der Waals surface area contributed by atoms with E-state index < -0.39 is 0 Å². The molecule has 0 bridgehead atoms. The second kappa shape index (κ2) is 11.1. The molecule has 27 heavy (non-hydrogen) atoms. The molecule has 150 valence electrons. The zero-order chi connectivity index (χ0) is 20.4. The number of hydrogen-bond donors (Lipinski definition) is 0. The lowest BCUT2D eigenvalue weighted by Gasteiger charge is -2.28. The summed E-state index contributed by atoms with van der Waals surface area (Å²) in [5, 5.41) is 0. The van der Waals surface area contributed by atoms with E-state index in [0.717, 1.165) is 43.6 Å². The Balaban J connectivity index is 3.18. The molecule has 0 aromatic carbocycles. The Kier molecular flexibility index (Phi) is 9.48. The lowest BCUT2D eigenvalue weighted by Crippen LogP contribution is -2.27. The Morgan fingerprint density at radius 2 is 1.96 bits per heavy atom. The quantitative estimate of drug-likeness (QED) is 0.319. The molecular weight excluding hydrogens is 330 g/mol. The SMILES string of the molecule is C=C/C(CCC)=C(\C=NC)CCc1cn(/C=C\CC)c(C(C)(C)C(C)C)n1. The number of hydrogen-bond acceptors (Lipinski definition) is 2. The van der Waals surface area contributed by atoms with Gasteiger partial charge in [0.1, 0.15) is 5.82 Å². The number of aliphatic imine (C=N–C) groups is 1. The van der Waals surface area contributed by atoms with E-state index in [1.165, 1.54) is 11.1 Å². The van der Waals surface area contributed by atoms with Gasteiger partial charge in [-0.15, -0.1) is 0 Å². The minimum absolute atomic E-state index is 0.0222. The summed E-state index contributed by atoms with van der Waals surface area (Å²) < 4.78 is 2.22. The van der Waals surface area contributed by atoms with Crippen LogP contribution in [-0.4, -0.2) is 22.8 Å². The molecule has 1 aromatic rings. The average molecular weight is 370 g/mol. The number of imidazole rings is 1. The summed E-state index contributed by atoms with van der Waals surface area (Å²) in [5.41, 5.74) is 3.74. The van der Waals surface area contributed by atoms with Gasteiger partial charge in [0, 0.05) is 31.1 Å². The Morgan fingerprint density at radius 3 is 2.48 bits per heavy atom. The van der Waals surface area contributed by atoms with E-state index in [-0.39, 0.29) is 5.41 Å². The highest BCUT2D eigenvalue weighted by atomic mass is 15.1. The summed E-state index contributed by atoms with van der Waals surface area (Å²) >= 11 is 0. The second-order valence-corrected chi connectivity index (χ2v) is 8.02. The van der Waals surface area contributed by atoms with Crippen molar-refractivity contribution in [3.8, 4) is 0 Å². The van der Waals surface area contributed by atoms with Crippen LogP contribution < -0.4 is 0 Å². The van der Waals surface area contributed by atoms with Gasteiger partial charge in [0.25, 0.3) is 0 Å². The van der Waals surface area contributed by atoms with Crippen LogP contribution in [0.25, 0.3) is 6.20 Å². The first-order valence-electron chi connectivity index (χ1n) is 10.3. The van der Waals surface area contributed by atoms with Crippen molar-refractivity contribution in [1.29, 1.82) is 0 Å². The van der Waals surface area contributed by atoms with Gasteiger partial charge in [-0.25, -0.2) is 4.98 Å². The summed E-state index contributed by atoms with van der Waals surface area (Å²) in [5.74, 6) is 1.66. The van der Waals surface area contributed by atoms with Gasteiger partial charge in [0.15, 0.2) is 0 Å². The van der Waals surface area contributed by atoms with Gasteiger partial charge in [-0.3, -0.25) is 4.99 Å². The number of nitrogens with zero attached hydrogens (tertiary/aromatic N) is 3. The van der Waals surface area contributed by atoms with E-state index in [0.29, 0.717) is 5.92 Å². The molecular formula is C24H39N3. The van der Waals surface area contributed by atoms with Crippen LogP contribution in [0, 0.1) is 5.92 Å². The normalized spacial score (nSPS) is 13.8. The van der Waals surface area contributed by atoms with Gasteiger partial charge in [-0.1, -0.05) is 66.7 Å². The maximum atomic E-state index is 5.04. The zero-order valence-electron chi connectivity index (χ0n) is 18.5. The van der Waals surface area contributed by atoms with E-state index in [1.54, 1.807) is 0 Å². The molecule has 1 heterocycles. The van der Waals surface area contributed by atoms with E-state index in [1.807, 2.05) is 19.3 Å². The minimum atomic E-state index is 0.0222.